The Balaban J connectivity index is 1.61. The topological polar surface area (TPSA) is 111 Å². The number of nitro benzene ring substituents is 1. The summed E-state index contributed by atoms with van der Waals surface area (Å²) in [4.78, 5) is 22.8. The number of hydrogen-bond acceptors (Lipinski definition) is 7. The Labute approximate surface area is 165 Å². The first kappa shape index (κ1) is 19.6. The molecule has 1 atom stereocenters. The van der Waals surface area contributed by atoms with Crippen LogP contribution in [0.1, 0.15) is 39.5 Å². The average molecular weight is 398 g/mol. The molecule has 0 fully saturated rings. The summed E-state index contributed by atoms with van der Waals surface area (Å²) in [5, 5.41) is 22.1. The van der Waals surface area contributed by atoms with E-state index in [1.165, 1.54) is 30.0 Å². The predicted molar refractivity (Wildman–Crippen MR) is 104 cm³/mol. The number of carbonyl (C=O) groups excluding carboxylic acids is 1. The summed E-state index contributed by atoms with van der Waals surface area (Å²) in [6.07, 6.45) is 0. The normalized spacial score (nSPS) is 11.8. The van der Waals surface area contributed by atoms with Crippen LogP contribution >= 0.6 is 11.8 Å². The zero-order valence-corrected chi connectivity index (χ0v) is 16.1. The molecule has 1 amide bonds. The van der Waals surface area contributed by atoms with Crippen molar-refractivity contribution >= 4 is 23.4 Å². The second-order valence-corrected chi connectivity index (χ2v) is 7.31. The third kappa shape index (κ3) is 4.55. The Morgan fingerprint density at radius 2 is 1.96 bits per heavy atom. The lowest BCUT2D eigenvalue weighted by atomic mass is 10.1. The van der Waals surface area contributed by atoms with E-state index in [4.69, 9.17) is 4.42 Å². The summed E-state index contributed by atoms with van der Waals surface area (Å²) in [5.41, 5.74) is 1.59. The second kappa shape index (κ2) is 8.66. The first-order valence-electron chi connectivity index (χ1n) is 8.52. The maximum Gasteiger partial charge on any atom is 0.277 e. The molecule has 0 aliphatic heterocycles. The van der Waals surface area contributed by atoms with Crippen LogP contribution in [-0.2, 0) is 6.54 Å². The van der Waals surface area contributed by atoms with Crippen molar-refractivity contribution in [2.45, 2.75) is 30.9 Å². The fraction of sp³-hybridized carbons (Fsp3) is 0.211. The summed E-state index contributed by atoms with van der Waals surface area (Å²) in [6, 6.07) is 14.3. The van der Waals surface area contributed by atoms with Gasteiger partial charge in [-0.25, -0.2) is 0 Å². The predicted octanol–water partition coefficient (Wildman–Crippen LogP) is 4.07. The molecule has 144 valence electrons. The van der Waals surface area contributed by atoms with Gasteiger partial charge < -0.3 is 9.73 Å². The first-order valence-corrected chi connectivity index (χ1v) is 9.40. The summed E-state index contributed by atoms with van der Waals surface area (Å²) in [7, 11) is 0. The number of nitrogens with zero attached hydrogens (tertiary/aromatic N) is 3. The molecule has 3 aromatic rings. The maximum atomic E-state index is 12.4. The van der Waals surface area contributed by atoms with Crippen molar-refractivity contribution in [2.24, 2.45) is 0 Å². The van der Waals surface area contributed by atoms with Crippen LogP contribution < -0.4 is 5.32 Å². The molecule has 0 saturated carbocycles. The van der Waals surface area contributed by atoms with Crippen molar-refractivity contribution in [2.75, 3.05) is 0 Å². The molecule has 3 rings (SSSR count). The van der Waals surface area contributed by atoms with Crippen molar-refractivity contribution in [3.05, 3.63) is 81.2 Å². The fourth-order valence-electron chi connectivity index (χ4n) is 2.62. The highest BCUT2D eigenvalue weighted by atomic mass is 32.2. The molecule has 0 bridgehead atoms. The van der Waals surface area contributed by atoms with E-state index in [9.17, 15) is 14.9 Å². The lowest BCUT2D eigenvalue weighted by Gasteiger charge is -2.08. The molecule has 1 aromatic heterocycles. The zero-order chi connectivity index (χ0) is 20.1. The molecule has 2 aromatic carbocycles. The molecule has 0 radical (unpaired) electrons. The average Bonchev–Trinajstić information content (AvgIpc) is 3.14. The molecule has 8 nitrogen and oxygen atoms in total. The fourth-order valence-corrected chi connectivity index (χ4v) is 3.45. The minimum absolute atomic E-state index is 0.0360. The van der Waals surface area contributed by atoms with Crippen LogP contribution in [0.5, 0.6) is 0 Å². The number of nitro groups is 1. The smallest absolute Gasteiger partial charge is 0.277 e. The minimum Gasteiger partial charge on any atom is -0.414 e. The number of rotatable bonds is 7. The monoisotopic (exact) mass is 398 g/mol. The minimum atomic E-state index is -0.512. The van der Waals surface area contributed by atoms with Gasteiger partial charge in [0.2, 0.25) is 5.89 Å². The lowest BCUT2D eigenvalue weighted by Crippen LogP contribution is -2.24. The number of carbonyl (C=O) groups is 1. The van der Waals surface area contributed by atoms with Crippen molar-refractivity contribution in [3.8, 4) is 0 Å². The highest BCUT2D eigenvalue weighted by Crippen LogP contribution is 2.33. The van der Waals surface area contributed by atoms with Gasteiger partial charge in [-0.15, -0.1) is 10.2 Å². The van der Waals surface area contributed by atoms with E-state index in [-0.39, 0.29) is 28.9 Å². The standard InChI is InChI=1S/C19H18N4O4S/c1-12-15(9-6-10-16(12)23(25)26)18(24)20-11-17-21-22-19(27-17)28-13(2)14-7-4-3-5-8-14/h3-10,13H,11H2,1-2H3,(H,20,24)/t13-/m1/s1. The van der Waals surface area contributed by atoms with Crippen molar-refractivity contribution < 1.29 is 14.1 Å². The molecule has 9 heteroatoms. The van der Waals surface area contributed by atoms with Crippen molar-refractivity contribution in [3.63, 3.8) is 0 Å². The van der Waals surface area contributed by atoms with Crippen LogP contribution in [0, 0.1) is 17.0 Å². The van der Waals surface area contributed by atoms with Gasteiger partial charge in [0.25, 0.3) is 16.8 Å². The zero-order valence-electron chi connectivity index (χ0n) is 15.3. The van der Waals surface area contributed by atoms with Gasteiger partial charge in [0.05, 0.1) is 11.5 Å². The number of benzene rings is 2. The van der Waals surface area contributed by atoms with Gasteiger partial charge in [-0.3, -0.25) is 14.9 Å². The molecule has 28 heavy (non-hydrogen) atoms. The third-order valence-corrected chi connectivity index (χ3v) is 5.13. The van der Waals surface area contributed by atoms with Crippen LogP contribution in [0.3, 0.4) is 0 Å². The van der Waals surface area contributed by atoms with Crippen molar-refractivity contribution in [1.82, 2.24) is 15.5 Å². The number of aromatic nitrogens is 2. The second-order valence-electron chi connectivity index (χ2n) is 6.02. The molecule has 1 N–H and O–H groups in total. The number of thioether (sulfide) groups is 1. The van der Waals surface area contributed by atoms with E-state index in [1.807, 2.05) is 37.3 Å². The molecule has 0 aliphatic rings. The Hall–Kier alpha value is -3.20. The van der Waals surface area contributed by atoms with E-state index in [2.05, 4.69) is 15.5 Å². The van der Waals surface area contributed by atoms with Crippen LogP contribution in [0.4, 0.5) is 5.69 Å². The molecule has 0 aliphatic carbocycles. The molecule has 0 unspecified atom stereocenters. The van der Waals surface area contributed by atoms with E-state index in [1.54, 1.807) is 6.92 Å². The van der Waals surface area contributed by atoms with Crippen LogP contribution in [0.15, 0.2) is 58.2 Å². The van der Waals surface area contributed by atoms with Gasteiger partial charge in [0, 0.05) is 22.4 Å². The van der Waals surface area contributed by atoms with Gasteiger partial charge in [0.1, 0.15) is 0 Å². The van der Waals surface area contributed by atoms with Crippen molar-refractivity contribution in [1.29, 1.82) is 0 Å². The number of amides is 1. The molecule has 1 heterocycles. The first-order chi connectivity index (χ1) is 13.5. The van der Waals surface area contributed by atoms with Crippen LogP contribution in [-0.4, -0.2) is 21.0 Å². The van der Waals surface area contributed by atoms with E-state index in [0.29, 0.717) is 10.8 Å². The SMILES string of the molecule is Cc1c(C(=O)NCc2nnc(S[C@H](C)c3ccccc3)o2)cccc1[N+](=O)[O-]. The quantitative estimate of drug-likeness (QED) is 0.363. The molecular weight excluding hydrogens is 380 g/mol. The summed E-state index contributed by atoms with van der Waals surface area (Å²) < 4.78 is 5.57. The van der Waals surface area contributed by atoms with Gasteiger partial charge in [-0.05, 0) is 25.5 Å². The summed E-state index contributed by atoms with van der Waals surface area (Å²) >= 11 is 1.43. The Morgan fingerprint density at radius 1 is 1.21 bits per heavy atom. The van der Waals surface area contributed by atoms with E-state index >= 15 is 0 Å². The highest BCUT2D eigenvalue weighted by molar-refractivity contribution is 7.99. The number of nitrogens with one attached hydrogen (secondary N) is 1. The lowest BCUT2D eigenvalue weighted by molar-refractivity contribution is -0.385. The Kier molecular flexibility index (Phi) is 6.05. The van der Waals surface area contributed by atoms with Gasteiger partial charge in [-0.1, -0.05) is 48.2 Å². The highest BCUT2D eigenvalue weighted by Gasteiger charge is 2.19. The van der Waals surface area contributed by atoms with E-state index < -0.39 is 10.8 Å². The summed E-state index contributed by atoms with van der Waals surface area (Å²) in [5.74, 6) is -0.176. The van der Waals surface area contributed by atoms with E-state index in [0.717, 1.165) is 5.56 Å². The molecule has 0 saturated heterocycles. The van der Waals surface area contributed by atoms with Gasteiger partial charge in [0.15, 0.2) is 0 Å². The third-order valence-electron chi connectivity index (χ3n) is 4.14. The van der Waals surface area contributed by atoms with Crippen LogP contribution in [0.25, 0.3) is 0 Å². The maximum absolute atomic E-state index is 12.4. The molecular formula is C19H18N4O4S. The number of hydrogen-bond donors (Lipinski definition) is 1. The van der Waals surface area contributed by atoms with Gasteiger partial charge in [-0.2, -0.15) is 0 Å². The molecule has 0 spiro atoms. The van der Waals surface area contributed by atoms with Gasteiger partial charge >= 0.3 is 0 Å². The Bertz CT molecular complexity index is 991. The largest absolute Gasteiger partial charge is 0.414 e. The van der Waals surface area contributed by atoms with Crippen LogP contribution in [0.2, 0.25) is 0 Å². The Morgan fingerprint density at radius 3 is 2.68 bits per heavy atom. The summed E-state index contributed by atoms with van der Waals surface area (Å²) in [6.45, 7) is 3.62.